The van der Waals surface area contributed by atoms with Gasteiger partial charge in [0.1, 0.15) is 0 Å². The maximum atomic E-state index is 2.33. The van der Waals surface area contributed by atoms with Crippen molar-refractivity contribution in [2.75, 3.05) is 0 Å². The molecule has 0 aliphatic rings. The molecule has 0 aromatic heterocycles. The quantitative estimate of drug-likeness (QED) is 0.100. The highest BCUT2D eigenvalue weighted by atomic mass is 14.2. The summed E-state index contributed by atoms with van der Waals surface area (Å²) in [5, 5.41) is 9.95. The van der Waals surface area contributed by atoms with E-state index in [0.29, 0.717) is 0 Å². The predicted molar refractivity (Wildman–Crippen MR) is 294 cm³/mol. The van der Waals surface area contributed by atoms with Gasteiger partial charge in [0.2, 0.25) is 0 Å². The van der Waals surface area contributed by atoms with Crippen molar-refractivity contribution in [2.24, 2.45) is 0 Å². The zero-order chi connectivity index (χ0) is 45.2. The van der Waals surface area contributed by atoms with Crippen LogP contribution in [0.3, 0.4) is 0 Å². The van der Waals surface area contributed by atoms with Gasteiger partial charge in [-0.3, -0.25) is 0 Å². The molecule has 0 radical (unpaired) electrons. The van der Waals surface area contributed by atoms with E-state index in [1.54, 1.807) is 0 Å². The number of fused-ring (bicyclic) bond motifs is 4. The molecule has 12 aromatic rings. The molecule has 0 fully saturated rings. The van der Waals surface area contributed by atoms with Crippen molar-refractivity contribution >= 4 is 67.4 Å². The summed E-state index contributed by atoms with van der Waals surface area (Å²) in [5.74, 6) is 0. The van der Waals surface area contributed by atoms with Gasteiger partial charge in [-0.05, 0) is 121 Å². The lowest BCUT2D eigenvalue weighted by Gasteiger charge is -2.21. The maximum Gasteiger partial charge on any atom is -0.00141 e. The van der Waals surface area contributed by atoms with Crippen molar-refractivity contribution in [1.82, 2.24) is 0 Å². The Hall–Kier alpha value is -8.84. The minimum Gasteiger partial charge on any atom is -0.0622 e. The lowest BCUT2D eigenvalue weighted by Crippen LogP contribution is -1.93. The summed E-state index contributed by atoms with van der Waals surface area (Å²) in [6.45, 7) is 0. The molecule has 0 nitrogen and oxygen atoms in total. The molecule has 0 aliphatic heterocycles. The Bertz CT molecular complexity index is 3840. The van der Waals surface area contributed by atoms with Crippen molar-refractivity contribution < 1.29 is 0 Å². The fourth-order valence-electron chi connectivity index (χ4n) is 10.3. The average Bonchev–Trinajstić information content (AvgIpc) is 3.42. The normalized spacial score (nSPS) is 11.7. The summed E-state index contributed by atoms with van der Waals surface area (Å²) in [4.78, 5) is 0. The highest BCUT2D eigenvalue weighted by Gasteiger charge is 2.20. The number of benzene rings is 12. The average molecular weight is 863 g/mol. The van der Waals surface area contributed by atoms with E-state index < -0.39 is 0 Å². The second-order valence-corrected chi connectivity index (χ2v) is 17.5. The topological polar surface area (TPSA) is 0 Å². The van der Waals surface area contributed by atoms with Crippen LogP contribution in [0.15, 0.2) is 255 Å². The molecule has 0 unspecified atom stereocenters. The predicted octanol–water partition coefficient (Wildman–Crippen LogP) is 19.0. The summed E-state index contributed by atoms with van der Waals surface area (Å²) in [6.07, 6.45) is 8.86. The van der Waals surface area contributed by atoms with E-state index in [1.165, 1.54) is 121 Å². The largest absolute Gasteiger partial charge is 0.0622 e. The molecule has 68 heavy (non-hydrogen) atoms. The van der Waals surface area contributed by atoms with Crippen LogP contribution in [0, 0.1) is 0 Å². The van der Waals surface area contributed by atoms with Gasteiger partial charge in [-0.25, -0.2) is 0 Å². The third-order valence-electron chi connectivity index (χ3n) is 13.5. The first-order chi connectivity index (χ1) is 33.7. The van der Waals surface area contributed by atoms with E-state index in [-0.39, 0.29) is 0 Å². The third-order valence-corrected chi connectivity index (χ3v) is 13.5. The van der Waals surface area contributed by atoms with Crippen molar-refractivity contribution in [3.8, 4) is 55.6 Å². The maximum absolute atomic E-state index is 2.33. The molecule has 0 saturated carbocycles. The van der Waals surface area contributed by atoms with Crippen LogP contribution in [0.1, 0.15) is 22.3 Å². The van der Waals surface area contributed by atoms with E-state index >= 15 is 0 Å². The van der Waals surface area contributed by atoms with Crippen LogP contribution in [0.2, 0.25) is 0 Å². The molecular weight excluding hydrogens is 817 g/mol. The molecule has 0 aliphatic carbocycles. The Balaban J connectivity index is 0.976. The highest BCUT2D eigenvalue weighted by molar-refractivity contribution is 6.25. The lowest BCUT2D eigenvalue weighted by atomic mass is 9.82. The summed E-state index contributed by atoms with van der Waals surface area (Å²) >= 11 is 0. The van der Waals surface area contributed by atoms with Crippen LogP contribution in [-0.2, 0) is 0 Å². The van der Waals surface area contributed by atoms with E-state index in [4.69, 9.17) is 0 Å². The number of rotatable bonds is 9. The van der Waals surface area contributed by atoms with Crippen LogP contribution in [0.5, 0.6) is 0 Å². The molecular formula is C68H46. The Labute approximate surface area is 398 Å². The minimum absolute atomic E-state index is 1.19. The SMILES string of the molecule is C(=Cc1ccc(-c2ccc(-c3c4ccccc4c(-c4ccc(-c5ccc(C=Cc6ccccc6)c6ccccc56)cc4)c4c(-c5ccccc5)cccc34)cc2)c2ccccc12)c1ccccc1. The van der Waals surface area contributed by atoms with E-state index in [2.05, 4.69) is 279 Å². The van der Waals surface area contributed by atoms with Gasteiger partial charge in [0.05, 0.1) is 0 Å². The third kappa shape index (κ3) is 7.59. The van der Waals surface area contributed by atoms with E-state index in [1.807, 2.05) is 0 Å². The Kier molecular flexibility index (Phi) is 10.7. The molecule has 0 heterocycles. The van der Waals surface area contributed by atoms with Crippen LogP contribution in [0.25, 0.3) is 123 Å². The second-order valence-electron chi connectivity index (χ2n) is 17.5. The van der Waals surface area contributed by atoms with Crippen molar-refractivity contribution in [1.29, 1.82) is 0 Å². The van der Waals surface area contributed by atoms with Gasteiger partial charge in [-0.15, -0.1) is 0 Å². The standard InChI is InChI=1S/C68H46/c1-4-17-47(18-5-1)31-33-50-43-45-58(61-25-12-10-23-56(50)61)52-35-39-54(40-36-52)66-63-27-14-15-28-64(63)67(68-60(29-16-30-65(66)68)49-21-8-3-9-22-49)55-41-37-53(38-42-55)59-46-44-51(57-24-11-13-26-62(57)59)34-32-48-19-6-2-7-20-48/h1-46H. The van der Waals surface area contributed by atoms with Gasteiger partial charge in [0.25, 0.3) is 0 Å². The summed E-state index contributed by atoms with van der Waals surface area (Å²) in [5.41, 5.74) is 17.0. The lowest BCUT2D eigenvalue weighted by molar-refractivity contribution is 1.61. The van der Waals surface area contributed by atoms with Gasteiger partial charge >= 0.3 is 0 Å². The monoisotopic (exact) mass is 862 g/mol. The number of hydrogen-bond acceptors (Lipinski definition) is 0. The summed E-state index contributed by atoms with van der Waals surface area (Å²) in [6, 6.07) is 92.9. The summed E-state index contributed by atoms with van der Waals surface area (Å²) < 4.78 is 0. The van der Waals surface area contributed by atoms with Crippen molar-refractivity contribution in [2.45, 2.75) is 0 Å². The van der Waals surface area contributed by atoms with Gasteiger partial charge in [0, 0.05) is 0 Å². The molecule has 0 N–H and O–H groups in total. The van der Waals surface area contributed by atoms with Gasteiger partial charge in [-0.1, -0.05) is 279 Å². The fraction of sp³-hybridized carbons (Fsp3) is 0. The van der Waals surface area contributed by atoms with Crippen LogP contribution >= 0.6 is 0 Å². The Morgan fingerprint density at radius 2 is 0.559 bits per heavy atom. The van der Waals surface area contributed by atoms with E-state index in [0.717, 1.165) is 0 Å². The van der Waals surface area contributed by atoms with Gasteiger partial charge in [0.15, 0.2) is 0 Å². The molecule has 0 atom stereocenters. The zero-order valence-electron chi connectivity index (χ0n) is 37.6. The van der Waals surface area contributed by atoms with Gasteiger partial charge < -0.3 is 0 Å². The summed E-state index contributed by atoms with van der Waals surface area (Å²) in [7, 11) is 0. The first-order valence-electron chi connectivity index (χ1n) is 23.5. The van der Waals surface area contributed by atoms with E-state index in [9.17, 15) is 0 Å². The molecule has 0 spiro atoms. The Morgan fingerprint density at radius 3 is 1.06 bits per heavy atom. The zero-order valence-corrected chi connectivity index (χ0v) is 37.6. The Morgan fingerprint density at radius 1 is 0.191 bits per heavy atom. The molecule has 0 heteroatoms. The van der Waals surface area contributed by atoms with Crippen LogP contribution in [0.4, 0.5) is 0 Å². The smallest absolute Gasteiger partial charge is 0.00141 e. The molecule has 12 rings (SSSR count). The highest BCUT2D eigenvalue weighted by Crippen LogP contribution is 2.48. The first-order valence-corrected chi connectivity index (χ1v) is 23.5. The number of hydrogen-bond donors (Lipinski definition) is 0. The molecule has 0 bridgehead atoms. The second kappa shape index (κ2) is 17.9. The first kappa shape index (κ1) is 40.7. The molecule has 0 amide bonds. The van der Waals surface area contributed by atoms with Gasteiger partial charge in [-0.2, -0.15) is 0 Å². The fourth-order valence-corrected chi connectivity index (χ4v) is 10.3. The molecule has 318 valence electrons. The van der Waals surface area contributed by atoms with Crippen LogP contribution < -0.4 is 0 Å². The molecule has 0 saturated heterocycles. The minimum atomic E-state index is 1.19. The van der Waals surface area contributed by atoms with Crippen molar-refractivity contribution in [3.63, 3.8) is 0 Å². The van der Waals surface area contributed by atoms with Crippen molar-refractivity contribution in [3.05, 3.63) is 277 Å². The molecule has 12 aromatic carbocycles. The van der Waals surface area contributed by atoms with Crippen LogP contribution in [-0.4, -0.2) is 0 Å².